The third-order valence-corrected chi connectivity index (χ3v) is 2.84. The van der Waals surface area contributed by atoms with Crippen molar-refractivity contribution in [1.29, 1.82) is 0 Å². The van der Waals surface area contributed by atoms with E-state index in [9.17, 15) is 4.79 Å². The summed E-state index contributed by atoms with van der Waals surface area (Å²) >= 11 is 0. The van der Waals surface area contributed by atoms with Crippen molar-refractivity contribution in [2.75, 3.05) is 5.32 Å². The van der Waals surface area contributed by atoms with Gasteiger partial charge in [-0.05, 0) is 52.0 Å². The highest BCUT2D eigenvalue weighted by Gasteiger charge is 2.15. The molecule has 5 nitrogen and oxygen atoms in total. The Bertz CT molecular complexity index is 581. The summed E-state index contributed by atoms with van der Waals surface area (Å²) in [5.74, 6) is 0.625. The average molecular weight is 273 g/mol. The van der Waals surface area contributed by atoms with Crippen molar-refractivity contribution in [3.8, 4) is 5.75 Å². The van der Waals surface area contributed by atoms with Crippen LogP contribution in [0.15, 0.2) is 24.3 Å². The molecule has 1 aromatic carbocycles. The Kier molecular flexibility index (Phi) is 4.08. The van der Waals surface area contributed by atoms with Gasteiger partial charge in [0.05, 0.1) is 17.4 Å². The smallest absolute Gasteiger partial charge is 0.259 e. The number of aromatic amines is 1. The molecule has 0 aliphatic rings. The summed E-state index contributed by atoms with van der Waals surface area (Å²) in [6.45, 7) is 7.58. The Morgan fingerprint density at radius 3 is 2.40 bits per heavy atom. The van der Waals surface area contributed by atoms with Crippen molar-refractivity contribution < 1.29 is 9.53 Å². The van der Waals surface area contributed by atoms with Crippen LogP contribution in [0.25, 0.3) is 0 Å². The number of carbonyl (C=O) groups excluding carboxylic acids is 1. The van der Waals surface area contributed by atoms with E-state index >= 15 is 0 Å². The van der Waals surface area contributed by atoms with E-state index in [0.29, 0.717) is 11.3 Å². The van der Waals surface area contributed by atoms with Gasteiger partial charge in [0.1, 0.15) is 5.75 Å². The average Bonchev–Trinajstić information content (AvgIpc) is 2.71. The summed E-state index contributed by atoms with van der Waals surface area (Å²) in [7, 11) is 0. The molecule has 5 heteroatoms. The van der Waals surface area contributed by atoms with E-state index < -0.39 is 0 Å². The maximum absolute atomic E-state index is 12.2. The molecule has 0 aliphatic carbocycles. The quantitative estimate of drug-likeness (QED) is 0.899. The Morgan fingerprint density at radius 2 is 1.90 bits per heavy atom. The van der Waals surface area contributed by atoms with E-state index in [2.05, 4.69) is 15.5 Å². The van der Waals surface area contributed by atoms with Crippen LogP contribution in [0, 0.1) is 13.8 Å². The molecule has 1 amide bonds. The number of ether oxygens (including phenoxy) is 1. The first-order chi connectivity index (χ1) is 9.47. The number of nitrogens with one attached hydrogen (secondary N) is 2. The maximum Gasteiger partial charge on any atom is 0.259 e. The van der Waals surface area contributed by atoms with Gasteiger partial charge in [0.25, 0.3) is 5.91 Å². The number of rotatable bonds is 4. The number of benzene rings is 1. The molecule has 2 aromatic rings. The molecule has 1 aromatic heterocycles. The molecule has 2 N–H and O–H groups in total. The van der Waals surface area contributed by atoms with Gasteiger partial charge in [0, 0.05) is 11.4 Å². The number of H-pyrrole nitrogens is 1. The minimum Gasteiger partial charge on any atom is -0.491 e. The van der Waals surface area contributed by atoms with Crippen LogP contribution >= 0.6 is 0 Å². The number of aryl methyl sites for hydroxylation is 2. The minimum absolute atomic E-state index is 0.131. The van der Waals surface area contributed by atoms with E-state index in [-0.39, 0.29) is 12.0 Å². The zero-order valence-corrected chi connectivity index (χ0v) is 12.2. The molecule has 2 rings (SSSR count). The lowest BCUT2D eigenvalue weighted by Crippen LogP contribution is -2.13. The third kappa shape index (κ3) is 3.17. The molecule has 0 atom stereocenters. The molecule has 1 heterocycles. The first-order valence-electron chi connectivity index (χ1n) is 6.57. The highest BCUT2D eigenvalue weighted by molar-refractivity contribution is 6.05. The lowest BCUT2D eigenvalue weighted by atomic mass is 10.2. The van der Waals surface area contributed by atoms with Gasteiger partial charge in [-0.15, -0.1) is 0 Å². The predicted molar refractivity (Wildman–Crippen MR) is 78.2 cm³/mol. The second kappa shape index (κ2) is 5.77. The van der Waals surface area contributed by atoms with Gasteiger partial charge in [-0.2, -0.15) is 5.10 Å². The SMILES string of the molecule is Cc1n[nH]c(C)c1C(=O)Nc1ccc(OC(C)C)cc1. The van der Waals surface area contributed by atoms with Crippen molar-refractivity contribution in [1.82, 2.24) is 10.2 Å². The lowest BCUT2D eigenvalue weighted by molar-refractivity contribution is 0.102. The Hall–Kier alpha value is -2.30. The largest absolute Gasteiger partial charge is 0.491 e. The first kappa shape index (κ1) is 14.1. The van der Waals surface area contributed by atoms with Crippen molar-refractivity contribution in [2.24, 2.45) is 0 Å². The van der Waals surface area contributed by atoms with Gasteiger partial charge < -0.3 is 10.1 Å². The number of carbonyl (C=O) groups is 1. The number of anilines is 1. The summed E-state index contributed by atoms with van der Waals surface area (Å²) in [5.41, 5.74) is 2.78. The fraction of sp³-hybridized carbons (Fsp3) is 0.333. The molecule has 0 bridgehead atoms. The second-order valence-electron chi connectivity index (χ2n) is 4.95. The summed E-state index contributed by atoms with van der Waals surface area (Å²) in [4.78, 5) is 12.2. The van der Waals surface area contributed by atoms with E-state index in [4.69, 9.17) is 4.74 Å². The highest BCUT2D eigenvalue weighted by Crippen LogP contribution is 2.18. The highest BCUT2D eigenvalue weighted by atomic mass is 16.5. The fourth-order valence-electron chi connectivity index (χ4n) is 1.97. The number of hydrogen-bond acceptors (Lipinski definition) is 3. The molecule has 20 heavy (non-hydrogen) atoms. The van der Waals surface area contributed by atoms with Crippen LogP contribution in [-0.4, -0.2) is 22.2 Å². The third-order valence-electron chi connectivity index (χ3n) is 2.84. The fourth-order valence-corrected chi connectivity index (χ4v) is 1.97. The van der Waals surface area contributed by atoms with Gasteiger partial charge in [-0.3, -0.25) is 9.89 Å². The molecule has 106 valence electrons. The minimum atomic E-state index is -0.161. The molecule has 0 fully saturated rings. The predicted octanol–water partition coefficient (Wildman–Crippen LogP) is 3.07. The van der Waals surface area contributed by atoms with Crippen LogP contribution in [0.2, 0.25) is 0 Å². The van der Waals surface area contributed by atoms with Gasteiger partial charge in [-0.25, -0.2) is 0 Å². The maximum atomic E-state index is 12.2. The monoisotopic (exact) mass is 273 g/mol. The van der Waals surface area contributed by atoms with Crippen LogP contribution in [0.3, 0.4) is 0 Å². The molecular weight excluding hydrogens is 254 g/mol. The molecule has 0 saturated carbocycles. The zero-order chi connectivity index (χ0) is 14.7. The number of aromatic nitrogens is 2. The molecule has 0 radical (unpaired) electrons. The van der Waals surface area contributed by atoms with Crippen LogP contribution in [-0.2, 0) is 0 Å². The molecule has 0 spiro atoms. The number of nitrogens with zero attached hydrogens (tertiary/aromatic N) is 1. The van der Waals surface area contributed by atoms with E-state index in [1.54, 1.807) is 6.92 Å². The Morgan fingerprint density at radius 1 is 1.25 bits per heavy atom. The zero-order valence-electron chi connectivity index (χ0n) is 12.2. The Labute approximate surface area is 118 Å². The van der Waals surface area contributed by atoms with Crippen LogP contribution < -0.4 is 10.1 Å². The summed E-state index contributed by atoms with van der Waals surface area (Å²) in [5, 5.41) is 9.68. The topological polar surface area (TPSA) is 67.0 Å². The van der Waals surface area contributed by atoms with Crippen LogP contribution in [0.4, 0.5) is 5.69 Å². The number of hydrogen-bond donors (Lipinski definition) is 2. The molecule has 0 aliphatic heterocycles. The normalized spacial score (nSPS) is 10.7. The summed E-state index contributed by atoms with van der Waals surface area (Å²) < 4.78 is 5.56. The van der Waals surface area contributed by atoms with E-state index in [1.165, 1.54) is 0 Å². The van der Waals surface area contributed by atoms with Crippen molar-refractivity contribution >= 4 is 11.6 Å². The van der Waals surface area contributed by atoms with E-state index in [0.717, 1.165) is 17.1 Å². The summed E-state index contributed by atoms with van der Waals surface area (Å²) in [6.07, 6.45) is 0.131. The van der Waals surface area contributed by atoms with Gasteiger partial charge >= 0.3 is 0 Å². The van der Waals surface area contributed by atoms with Gasteiger partial charge in [0.2, 0.25) is 0 Å². The van der Waals surface area contributed by atoms with Gasteiger partial charge in [0.15, 0.2) is 0 Å². The standard InChI is InChI=1S/C15H19N3O2/c1-9(2)20-13-7-5-12(6-8-13)16-15(19)14-10(3)17-18-11(14)4/h5-9H,1-4H3,(H,16,19)(H,17,18). The number of amides is 1. The molecule has 0 unspecified atom stereocenters. The lowest BCUT2D eigenvalue weighted by Gasteiger charge is -2.10. The first-order valence-corrected chi connectivity index (χ1v) is 6.57. The van der Waals surface area contributed by atoms with E-state index in [1.807, 2.05) is 45.0 Å². The second-order valence-corrected chi connectivity index (χ2v) is 4.95. The Balaban J connectivity index is 2.09. The summed E-state index contributed by atoms with van der Waals surface area (Å²) in [6, 6.07) is 7.32. The molecular formula is C15H19N3O2. The van der Waals surface area contributed by atoms with Crippen molar-refractivity contribution in [3.63, 3.8) is 0 Å². The van der Waals surface area contributed by atoms with Crippen molar-refractivity contribution in [2.45, 2.75) is 33.8 Å². The van der Waals surface area contributed by atoms with Gasteiger partial charge in [-0.1, -0.05) is 0 Å². The van der Waals surface area contributed by atoms with Crippen molar-refractivity contribution in [3.05, 3.63) is 41.2 Å². The van der Waals surface area contributed by atoms with Crippen LogP contribution in [0.5, 0.6) is 5.75 Å². The molecule has 0 saturated heterocycles. The van der Waals surface area contributed by atoms with Crippen LogP contribution in [0.1, 0.15) is 35.6 Å².